The molecule has 0 aromatic carbocycles. The van der Waals surface area contributed by atoms with Gasteiger partial charge < -0.3 is 10.3 Å². The number of hydrogen-bond acceptors (Lipinski definition) is 3. The van der Waals surface area contributed by atoms with Gasteiger partial charge in [0.05, 0.1) is 5.69 Å². The fourth-order valence-corrected chi connectivity index (χ4v) is 2.36. The van der Waals surface area contributed by atoms with E-state index in [2.05, 4.69) is 15.3 Å². The lowest BCUT2D eigenvalue weighted by Crippen LogP contribution is -2.27. The first-order valence-electron chi connectivity index (χ1n) is 6.02. The van der Waals surface area contributed by atoms with Crippen LogP contribution >= 0.6 is 0 Å². The van der Waals surface area contributed by atoms with Gasteiger partial charge in [-0.15, -0.1) is 0 Å². The maximum atomic E-state index is 11.4. The number of hydrogen-bond donors (Lipinski definition) is 2. The molecule has 1 atom stereocenters. The van der Waals surface area contributed by atoms with Crippen LogP contribution in [-0.4, -0.2) is 22.6 Å². The molecule has 1 unspecified atom stereocenters. The molecule has 1 saturated heterocycles. The third-order valence-corrected chi connectivity index (χ3v) is 3.33. The number of H-pyrrole nitrogens is 1. The highest BCUT2D eigenvalue weighted by Gasteiger charge is 2.17. The Morgan fingerprint density at radius 2 is 2.31 bits per heavy atom. The van der Waals surface area contributed by atoms with Crippen molar-refractivity contribution in [2.24, 2.45) is 0 Å². The van der Waals surface area contributed by atoms with Gasteiger partial charge in [-0.05, 0) is 38.3 Å². The Morgan fingerprint density at radius 1 is 1.50 bits per heavy atom. The van der Waals surface area contributed by atoms with Gasteiger partial charge in [0.2, 0.25) is 0 Å². The van der Waals surface area contributed by atoms with Crippen molar-refractivity contribution in [3.8, 4) is 0 Å². The molecular formula is C12H19N3O. The molecule has 0 aliphatic carbocycles. The van der Waals surface area contributed by atoms with Gasteiger partial charge in [-0.25, -0.2) is 4.79 Å². The second-order valence-electron chi connectivity index (χ2n) is 4.44. The predicted molar refractivity (Wildman–Crippen MR) is 63.7 cm³/mol. The average molecular weight is 221 g/mol. The van der Waals surface area contributed by atoms with Crippen LogP contribution in [0.4, 0.5) is 0 Å². The van der Waals surface area contributed by atoms with Crippen LogP contribution in [0.2, 0.25) is 0 Å². The van der Waals surface area contributed by atoms with Crippen molar-refractivity contribution in [2.45, 2.75) is 45.6 Å². The quantitative estimate of drug-likeness (QED) is 0.798. The number of rotatable bonds is 3. The van der Waals surface area contributed by atoms with Gasteiger partial charge in [0, 0.05) is 18.2 Å². The van der Waals surface area contributed by atoms with Crippen LogP contribution in [-0.2, 0) is 12.8 Å². The first-order chi connectivity index (χ1) is 7.70. The third-order valence-electron chi connectivity index (χ3n) is 3.33. The van der Waals surface area contributed by atoms with Gasteiger partial charge in [-0.3, -0.25) is 0 Å². The van der Waals surface area contributed by atoms with E-state index in [0.717, 1.165) is 36.3 Å². The summed E-state index contributed by atoms with van der Waals surface area (Å²) < 4.78 is 0. The molecule has 88 valence electrons. The zero-order valence-electron chi connectivity index (χ0n) is 9.97. The Labute approximate surface area is 95.5 Å². The summed E-state index contributed by atoms with van der Waals surface area (Å²) >= 11 is 0. The van der Waals surface area contributed by atoms with E-state index >= 15 is 0 Å². The standard InChI is InChI=1S/C12H19N3O/c1-3-10-8(2)11(15-12(16)14-10)7-9-5-4-6-13-9/h9,13H,3-7H2,1-2H3,(H,14,15,16). The molecule has 1 aromatic heterocycles. The van der Waals surface area contributed by atoms with Crippen LogP contribution in [0.15, 0.2) is 4.79 Å². The Morgan fingerprint density at radius 3 is 2.94 bits per heavy atom. The Bertz CT molecular complexity index is 419. The molecule has 0 spiro atoms. The van der Waals surface area contributed by atoms with Crippen molar-refractivity contribution < 1.29 is 0 Å². The van der Waals surface area contributed by atoms with Crippen LogP contribution in [0, 0.1) is 6.92 Å². The van der Waals surface area contributed by atoms with E-state index in [0.29, 0.717) is 6.04 Å². The lowest BCUT2D eigenvalue weighted by molar-refractivity contribution is 0.589. The smallest absolute Gasteiger partial charge is 0.314 e. The molecule has 1 aromatic rings. The summed E-state index contributed by atoms with van der Waals surface area (Å²) in [7, 11) is 0. The lowest BCUT2D eigenvalue weighted by atomic mass is 10.0. The van der Waals surface area contributed by atoms with E-state index in [4.69, 9.17) is 0 Å². The van der Waals surface area contributed by atoms with E-state index in [1.807, 2.05) is 13.8 Å². The van der Waals surface area contributed by atoms with Gasteiger partial charge in [0.1, 0.15) is 0 Å². The Hall–Kier alpha value is -1.16. The Kier molecular flexibility index (Phi) is 3.39. The summed E-state index contributed by atoms with van der Waals surface area (Å²) in [5, 5.41) is 3.45. The molecule has 0 amide bonds. The molecule has 0 saturated carbocycles. The van der Waals surface area contributed by atoms with Crippen molar-refractivity contribution in [1.82, 2.24) is 15.3 Å². The number of aromatic nitrogens is 2. The summed E-state index contributed by atoms with van der Waals surface area (Å²) in [4.78, 5) is 18.3. The highest BCUT2D eigenvalue weighted by molar-refractivity contribution is 5.23. The van der Waals surface area contributed by atoms with Crippen molar-refractivity contribution in [3.63, 3.8) is 0 Å². The zero-order valence-corrected chi connectivity index (χ0v) is 9.97. The highest BCUT2D eigenvalue weighted by atomic mass is 16.1. The van der Waals surface area contributed by atoms with E-state index in [1.54, 1.807) is 0 Å². The Balaban J connectivity index is 2.25. The molecule has 1 fully saturated rings. The zero-order chi connectivity index (χ0) is 11.5. The normalized spacial score (nSPS) is 20.2. The third kappa shape index (κ3) is 2.32. The highest BCUT2D eigenvalue weighted by Crippen LogP contribution is 2.14. The first-order valence-corrected chi connectivity index (χ1v) is 6.02. The molecule has 16 heavy (non-hydrogen) atoms. The number of nitrogens with zero attached hydrogens (tertiary/aromatic N) is 1. The summed E-state index contributed by atoms with van der Waals surface area (Å²) in [6.45, 7) is 5.18. The summed E-state index contributed by atoms with van der Waals surface area (Å²) in [6.07, 6.45) is 4.17. The second kappa shape index (κ2) is 4.78. The van der Waals surface area contributed by atoms with Crippen molar-refractivity contribution in [3.05, 3.63) is 27.4 Å². The SMILES string of the molecule is CCc1nc(=O)[nH]c(CC2CCCN2)c1C. The van der Waals surface area contributed by atoms with Gasteiger partial charge in [-0.2, -0.15) is 4.98 Å². The van der Waals surface area contributed by atoms with Gasteiger partial charge in [-0.1, -0.05) is 6.92 Å². The molecule has 2 rings (SSSR count). The van der Waals surface area contributed by atoms with Crippen LogP contribution in [0.3, 0.4) is 0 Å². The largest absolute Gasteiger partial charge is 0.345 e. The van der Waals surface area contributed by atoms with Gasteiger partial charge in [0.25, 0.3) is 0 Å². The van der Waals surface area contributed by atoms with Crippen molar-refractivity contribution in [2.75, 3.05) is 6.54 Å². The van der Waals surface area contributed by atoms with Crippen molar-refractivity contribution >= 4 is 0 Å². The van der Waals surface area contributed by atoms with E-state index in [-0.39, 0.29) is 5.69 Å². The topological polar surface area (TPSA) is 57.8 Å². The maximum Gasteiger partial charge on any atom is 0.345 e. The van der Waals surface area contributed by atoms with E-state index < -0.39 is 0 Å². The van der Waals surface area contributed by atoms with E-state index in [9.17, 15) is 4.79 Å². The fourth-order valence-electron chi connectivity index (χ4n) is 2.36. The number of nitrogens with one attached hydrogen (secondary N) is 2. The van der Waals surface area contributed by atoms with Crippen LogP contribution in [0.25, 0.3) is 0 Å². The molecule has 4 nitrogen and oxygen atoms in total. The molecule has 1 aliphatic heterocycles. The van der Waals surface area contributed by atoms with Crippen molar-refractivity contribution in [1.29, 1.82) is 0 Å². The second-order valence-corrected chi connectivity index (χ2v) is 4.44. The van der Waals surface area contributed by atoms with Gasteiger partial charge >= 0.3 is 5.69 Å². The maximum absolute atomic E-state index is 11.4. The molecule has 0 bridgehead atoms. The van der Waals surface area contributed by atoms with E-state index in [1.165, 1.54) is 12.8 Å². The minimum Gasteiger partial charge on any atom is -0.314 e. The first kappa shape index (κ1) is 11.3. The van der Waals surface area contributed by atoms with Crippen LogP contribution in [0.1, 0.15) is 36.7 Å². The summed E-state index contributed by atoms with van der Waals surface area (Å²) in [6, 6.07) is 0.515. The number of aryl methyl sites for hydroxylation is 1. The lowest BCUT2D eigenvalue weighted by Gasteiger charge is -2.13. The molecule has 2 heterocycles. The average Bonchev–Trinajstić information content (AvgIpc) is 2.75. The summed E-state index contributed by atoms with van der Waals surface area (Å²) in [5.74, 6) is 0. The van der Waals surface area contributed by atoms with Gasteiger partial charge in [0.15, 0.2) is 0 Å². The monoisotopic (exact) mass is 221 g/mol. The van der Waals surface area contributed by atoms with Crippen LogP contribution in [0.5, 0.6) is 0 Å². The molecular weight excluding hydrogens is 202 g/mol. The fraction of sp³-hybridized carbons (Fsp3) is 0.667. The molecule has 1 aliphatic rings. The minimum atomic E-state index is -0.213. The summed E-state index contributed by atoms with van der Waals surface area (Å²) in [5.41, 5.74) is 2.92. The number of aromatic amines is 1. The van der Waals surface area contributed by atoms with Crippen LogP contribution < -0.4 is 11.0 Å². The minimum absolute atomic E-state index is 0.213. The molecule has 0 radical (unpaired) electrons. The predicted octanol–water partition coefficient (Wildman–Crippen LogP) is 0.935. The molecule has 2 N–H and O–H groups in total. The molecule has 4 heteroatoms.